The summed E-state index contributed by atoms with van der Waals surface area (Å²) >= 11 is 5.07. The van der Waals surface area contributed by atoms with Gasteiger partial charge in [-0.1, -0.05) is 6.58 Å². The van der Waals surface area contributed by atoms with Gasteiger partial charge in [0, 0.05) is 6.42 Å². The molecular weight excluding hydrogens is 140 g/mol. The lowest BCUT2D eigenvalue weighted by Crippen LogP contribution is -1.84. The van der Waals surface area contributed by atoms with Crippen molar-refractivity contribution in [1.82, 2.24) is 0 Å². The Morgan fingerprint density at radius 1 is 1.88 bits per heavy atom. The number of allylic oxidation sites excluding steroid dienone is 1. The van der Waals surface area contributed by atoms with Crippen LogP contribution in [0.3, 0.4) is 0 Å². The van der Waals surface area contributed by atoms with Gasteiger partial charge in [0.1, 0.15) is 0 Å². The van der Waals surface area contributed by atoms with Crippen molar-refractivity contribution in [3.63, 3.8) is 0 Å². The van der Waals surface area contributed by atoms with Crippen LogP contribution in [0.15, 0.2) is 11.5 Å². The summed E-state index contributed by atoms with van der Waals surface area (Å²) in [6.07, 6.45) is 2.27. The predicted molar refractivity (Wildman–Crippen MR) is 41.3 cm³/mol. The Morgan fingerprint density at radius 2 is 2.38 bits per heavy atom. The summed E-state index contributed by atoms with van der Waals surface area (Å²) in [4.78, 5) is 11.1. The van der Waals surface area contributed by atoms with Gasteiger partial charge in [-0.05, 0) is 11.2 Å². The van der Waals surface area contributed by atoms with Crippen molar-refractivity contribution in [1.29, 1.82) is 0 Å². The highest BCUT2D eigenvalue weighted by molar-refractivity contribution is 8.02. The number of thiol groups is 1. The van der Waals surface area contributed by atoms with Crippen LogP contribution in [0, 0.1) is 0 Å². The predicted octanol–water partition coefficient (Wildman–Crippen LogP) is 1.71. The molecular formula is C5H8OS2. The van der Waals surface area contributed by atoms with Crippen LogP contribution in [0.5, 0.6) is 0 Å². The molecule has 0 bridgehead atoms. The van der Waals surface area contributed by atoms with Gasteiger partial charge in [0.25, 0.3) is 0 Å². The van der Waals surface area contributed by atoms with Gasteiger partial charge in [0.05, 0.1) is 0 Å². The molecule has 0 rings (SSSR count). The van der Waals surface area contributed by atoms with Crippen molar-refractivity contribution in [3.05, 3.63) is 11.5 Å². The molecule has 0 aromatic carbocycles. The largest absolute Gasteiger partial charge is 0.287 e. The van der Waals surface area contributed by atoms with Gasteiger partial charge >= 0.3 is 0 Å². The molecule has 0 aromatic rings. The summed E-state index contributed by atoms with van der Waals surface area (Å²) in [6.45, 7) is 3.61. The van der Waals surface area contributed by atoms with E-state index in [2.05, 4.69) is 19.2 Å². The number of hydrogen-bond donors (Lipinski definition) is 1. The fourth-order valence-electron chi connectivity index (χ4n) is 0.241. The number of thioether (sulfide) groups is 1. The van der Waals surface area contributed by atoms with Crippen LogP contribution in [0.1, 0.15) is 6.42 Å². The number of hydrogen-bond acceptors (Lipinski definition) is 2. The summed E-state index contributed by atoms with van der Waals surface area (Å²) < 4.78 is 0. The zero-order chi connectivity index (χ0) is 6.57. The van der Waals surface area contributed by atoms with Crippen LogP contribution in [0.25, 0.3) is 0 Å². The van der Waals surface area contributed by atoms with Crippen LogP contribution in [0.2, 0.25) is 0 Å². The van der Waals surface area contributed by atoms with Crippen LogP contribution >= 0.6 is 24.4 Å². The van der Waals surface area contributed by atoms with E-state index in [0.29, 0.717) is 6.42 Å². The smallest absolute Gasteiger partial charge is 0.190 e. The minimum Gasteiger partial charge on any atom is -0.287 e. The van der Waals surface area contributed by atoms with E-state index in [9.17, 15) is 4.79 Å². The van der Waals surface area contributed by atoms with Crippen LogP contribution in [-0.2, 0) is 4.79 Å². The van der Waals surface area contributed by atoms with E-state index in [1.807, 2.05) is 6.26 Å². The van der Waals surface area contributed by atoms with Crippen molar-refractivity contribution in [2.45, 2.75) is 6.42 Å². The molecule has 0 N–H and O–H groups in total. The molecule has 0 aliphatic carbocycles. The van der Waals surface area contributed by atoms with E-state index in [1.165, 1.54) is 11.8 Å². The second kappa shape index (κ2) is 4.04. The first-order valence-corrected chi connectivity index (χ1v) is 3.77. The van der Waals surface area contributed by atoms with Crippen LogP contribution < -0.4 is 0 Å². The lowest BCUT2D eigenvalue weighted by Gasteiger charge is -1.92. The van der Waals surface area contributed by atoms with Crippen molar-refractivity contribution in [2.24, 2.45) is 0 Å². The zero-order valence-corrected chi connectivity index (χ0v) is 6.39. The minimum atomic E-state index is -0.121. The molecule has 0 saturated carbocycles. The van der Waals surface area contributed by atoms with Crippen molar-refractivity contribution in [2.75, 3.05) is 6.26 Å². The molecule has 0 fully saturated rings. The minimum absolute atomic E-state index is 0.121. The molecule has 0 saturated heterocycles. The maximum Gasteiger partial charge on any atom is 0.190 e. The Kier molecular flexibility index (Phi) is 4.09. The van der Waals surface area contributed by atoms with E-state index in [1.54, 1.807) is 0 Å². The average Bonchev–Trinajstić information content (AvgIpc) is 1.65. The number of carbonyl (C=O) groups is 1. The van der Waals surface area contributed by atoms with Crippen LogP contribution in [-0.4, -0.2) is 11.4 Å². The molecule has 0 radical (unpaired) electrons. The molecule has 0 atom stereocenters. The van der Waals surface area contributed by atoms with E-state index >= 15 is 0 Å². The Bertz CT molecular complexity index is 109. The molecule has 3 heteroatoms. The van der Waals surface area contributed by atoms with Gasteiger partial charge in [-0.15, -0.1) is 24.4 Å². The normalized spacial score (nSPS) is 8.75. The zero-order valence-electron chi connectivity index (χ0n) is 4.68. The Morgan fingerprint density at radius 3 is 2.50 bits per heavy atom. The number of carbonyl (C=O) groups excluding carboxylic acids is 1. The van der Waals surface area contributed by atoms with Gasteiger partial charge in [-0.25, -0.2) is 0 Å². The highest BCUT2D eigenvalue weighted by atomic mass is 32.2. The quantitative estimate of drug-likeness (QED) is 0.614. The average molecular weight is 148 g/mol. The second-order valence-corrected chi connectivity index (χ2v) is 2.80. The lowest BCUT2D eigenvalue weighted by molar-refractivity contribution is -0.110. The highest BCUT2D eigenvalue weighted by Gasteiger charge is 1.95. The van der Waals surface area contributed by atoms with Gasteiger partial charge in [0.15, 0.2) is 5.12 Å². The molecule has 0 unspecified atom stereocenters. The van der Waals surface area contributed by atoms with Crippen molar-refractivity contribution < 1.29 is 4.79 Å². The molecule has 46 valence electrons. The molecule has 8 heavy (non-hydrogen) atoms. The Balaban J connectivity index is 3.40. The molecule has 0 aromatic heterocycles. The van der Waals surface area contributed by atoms with Crippen LogP contribution in [0.4, 0.5) is 0 Å². The molecule has 0 aliphatic heterocycles. The molecule has 1 nitrogen and oxygen atoms in total. The first-order valence-electron chi connectivity index (χ1n) is 2.10. The number of rotatable bonds is 3. The fraction of sp³-hybridized carbons (Fsp3) is 0.400. The highest BCUT2D eigenvalue weighted by Crippen LogP contribution is 2.13. The standard InChI is InChI=1S/C5H8OS2/c1-4(8-2)3-5(6)7/h1,3H2,2H3,(H,6,7). The van der Waals surface area contributed by atoms with Gasteiger partial charge in [-0.3, -0.25) is 4.79 Å². The second-order valence-electron chi connectivity index (χ2n) is 1.31. The third-order valence-electron chi connectivity index (χ3n) is 0.637. The van der Waals surface area contributed by atoms with Gasteiger partial charge in [0.2, 0.25) is 0 Å². The van der Waals surface area contributed by atoms with E-state index < -0.39 is 0 Å². The molecule has 0 heterocycles. The summed E-state index contributed by atoms with van der Waals surface area (Å²) in [6, 6.07) is 0. The lowest BCUT2D eigenvalue weighted by atomic mass is 10.5. The third kappa shape index (κ3) is 4.27. The molecule has 0 amide bonds. The van der Waals surface area contributed by atoms with Crippen molar-refractivity contribution in [3.8, 4) is 0 Å². The third-order valence-corrected chi connectivity index (χ3v) is 1.52. The fourth-order valence-corrected chi connectivity index (χ4v) is 0.814. The monoisotopic (exact) mass is 148 g/mol. The van der Waals surface area contributed by atoms with E-state index in [-0.39, 0.29) is 5.12 Å². The summed E-state index contributed by atoms with van der Waals surface area (Å²) in [5.41, 5.74) is 0. The van der Waals surface area contributed by atoms with E-state index in [0.717, 1.165) is 4.91 Å². The Labute approximate surface area is 58.9 Å². The summed E-state index contributed by atoms with van der Waals surface area (Å²) in [5, 5.41) is -0.121. The molecule has 0 aliphatic rings. The maximum absolute atomic E-state index is 10.2. The first kappa shape index (κ1) is 8.11. The Hall–Kier alpha value is 0.110. The SMILES string of the molecule is C=C(CC(=O)S)SC. The molecule has 0 spiro atoms. The summed E-state index contributed by atoms with van der Waals surface area (Å²) in [7, 11) is 0. The summed E-state index contributed by atoms with van der Waals surface area (Å²) in [5.74, 6) is 0. The van der Waals surface area contributed by atoms with Gasteiger partial charge in [-0.2, -0.15) is 0 Å². The maximum atomic E-state index is 10.2. The first-order chi connectivity index (χ1) is 3.66. The van der Waals surface area contributed by atoms with Crippen molar-refractivity contribution >= 4 is 29.5 Å². The van der Waals surface area contributed by atoms with Gasteiger partial charge < -0.3 is 0 Å². The topological polar surface area (TPSA) is 17.1 Å². The van der Waals surface area contributed by atoms with E-state index in [4.69, 9.17) is 0 Å².